The summed E-state index contributed by atoms with van der Waals surface area (Å²) < 4.78 is 19.0. The molecule has 0 atom stereocenters. The number of halogens is 3. The van der Waals surface area contributed by atoms with Crippen LogP contribution in [0.4, 0.5) is 4.39 Å². The molecule has 3 aromatic rings. The van der Waals surface area contributed by atoms with Crippen LogP contribution in [-0.4, -0.2) is 72.4 Å². The van der Waals surface area contributed by atoms with E-state index in [9.17, 15) is 14.0 Å². The number of ether oxygens (including phenoxy) is 1. The molecule has 1 fully saturated rings. The number of hydrogen-bond donors (Lipinski definition) is 0. The normalized spacial score (nSPS) is 13.9. The van der Waals surface area contributed by atoms with Crippen molar-refractivity contribution in [1.29, 1.82) is 0 Å². The summed E-state index contributed by atoms with van der Waals surface area (Å²) >= 11 is 12.0. The van der Waals surface area contributed by atoms with Crippen molar-refractivity contribution in [2.45, 2.75) is 6.54 Å². The first-order valence-corrected chi connectivity index (χ1v) is 12.8. The van der Waals surface area contributed by atoms with Crippen molar-refractivity contribution >= 4 is 35.0 Å². The fourth-order valence-electron chi connectivity index (χ4n) is 4.12. The molecule has 6 nitrogen and oxygen atoms in total. The van der Waals surface area contributed by atoms with Crippen LogP contribution in [0.25, 0.3) is 0 Å². The Hall–Kier alpha value is -3.13. The molecule has 3 aromatic carbocycles. The number of amides is 2. The first-order valence-electron chi connectivity index (χ1n) is 12.1. The maximum atomic E-state index is 13.4. The van der Waals surface area contributed by atoms with Gasteiger partial charge in [-0.2, -0.15) is 0 Å². The zero-order valence-corrected chi connectivity index (χ0v) is 21.8. The zero-order chi connectivity index (χ0) is 26.2. The number of nitrogens with zero attached hydrogens (tertiary/aromatic N) is 3. The van der Waals surface area contributed by atoms with Gasteiger partial charge in [0.25, 0.3) is 11.8 Å². The van der Waals surface area contributed by atoms with Crippen LogP contribution >= 0.6 is 23.2 Å². The van der Waals surface area contributed by atoms with E-state index in [4.69, 9.17) is 27.9 Å². The highest BCUT2D eigenvalue weighted by Gasteiger charge is 2.23. The average molecular weight is 544 g/mol. The molecule has 0 saturated carbocycles. The molecule has 9 heteroatoms. The quantitative estimate of drug-likeness (QED) is 0.381. The molecule has 0 radical (unpaired) electrons. The van der Waals surface area contributed by atoms with Gasteiger partial charge in [-0.3, -0.25) is 14.5 Å². The molecule has 0 bridgehead atoms. The van der Waals surface area contributed by atoms with Gasteiger partial charge < -0.3 is 14.5 Å². The van der Waals surface area contributed by atoms with Gasteiger partial charge in [-0.05, 0) is 60.2 Å². The van der Waals surface area contributed by atoms with Crippen molar-refractivity contribution in [2.24, 2.45) is 0 Å². The summed E-state index contributed by atoms with van der Waals surface area (Å²) in [5.41, 5.74) is 1.35. The van der Waals surface area contributed by atoms with E-state index in [2.05, 4.69) is 4.90 Å². The van der Waals surface area contributed by atoms with Gasteiger partial charge in [-0.15, -0.1) is 0 Å². The largest absolute Gasteiger partial charge is 0.484 e. The van der Waals surface area contributed by atoms with E-state index in [0.29, 0.717) is 67.2 Å². The lowest BCUT2D eigenvalue weighted by Crippen LogP contribution is -2.51. The lowest BCUT2D eigenvalue weighted by atomic mass is 10.1. The molecule has 0 aromatic heterocycles. The number of piperazine rings is 1. The molecule has 0 spiro atoms. The predicted octanol–water partition coefficient (Wildman–Crippen LogP) is 5.00. The Labute approximate surface area is 226 Å². The van der Waals surface area contributed by atoms with Crippen LogP contribution in [0, 0.1) is 5.82 Å². The van der Waals surface area contributed by atoms with E-state index in [1.165, 1.54) is 12.1 Å². The number of carbonyl (C=O) groups excluding carboxylic acids is 2. The highest BCUT2D eigenvalue weighted by Crippen LogP contribution is 2.17. The summed E-state index contributed by atoms with van der Waals surface area (Å²) in [6.45, 7) is 4.03. The molecular weight excluding hydrogens is 516 g/mol. The first kappa shape index (κ1) is 26.9. The Morgan fingerprint density at radius 3 is 2.27 bits per heavy atom. The fourth-order valence-corrected chi connectivity index (χ4v) is 4.43. The third kappa shape index (κ3) is 7.92. The van der Waals surface area contributed by atoms with E-state index in [-0.39, 0.29) is 24.2 Å². The average Bonchev–Trinajstić information content (AvgIpc) is 2.91. The maximum absolute atomic E-state index is 13.4. The van der Waals surface area contributed by atoms with Gasteiger partial charge in [-0.1, -0.05) is 41.4 Å². The van der Waals surface area contributed by atoms with Crippen molar-refractivity contribution in [2.75, 3.05) is 45.9 Å². The molecule has 1 aliphatic heterocycles. The molecule has 37 heavy (non-hydrogen) atoms. The van der Waals surface area contributed by atoms with Gasteiger partial charge in [0.1, 0.15) is 11.6 Å². The lowest BCUT2D eigenvalue weighted by Gasteiger charge is -2.36. The van der Waals surface area contributed by atoms with Gasteiger partial charge in [0.15, 0.2) is 6.61 Å². The monoisotopic (exact) mass is 543 g/mol. The Bertz CT molecular complexity index is 1200. The lowest BCUT2D eigenvalue weighted by molar-refractivity contribution is -0.135. The minimum atomic E-state index is -0.317. The molecule has 0 N–H and O–H groups in total. The topological polar surface area (TPSA) is 53.1 Å². The summed E-state index contributed by atoms with van der Waals surface area (Å²) in [4.78, 5) is 31.6. The van der Waals surface area contributed by atoms with E-state index < -0.39 is 0 Å². The Kier molecular flexibility index (Phi) is 9.39. The number of benzene rings is 3. The smallest absolute Gasteiger partial charge is 0.260 e. The molecule has 194 valence electrons. The second kappa shape index (κ2) is 12.9. The second-order valence-electron chi connectivity index (χ2n) is 8.83. The SMILES string of the molecule is O=C(COc1ccc(Cl)cc1)N1CCN(CCN(Cc2ccc(F)cc2)C(=O)c2cccc(Cl)c2)CC1. The van der Waals surface area contributed by atoms with Crippen molar-refractivity contribution in [3.63, 3.8) is 0 Å². The van der Waals surface area contributed by atoms with Crippen LogP contribution in [0.5, 0.6) is 5.75 Å². The molecule has 1 aliphatic rings. The molecule has 4 rings (SSSR count). The van der Waals surface area contributed by atoms with Crippen molar-refractivity contribution in [3.05, 3.63) is 99.8 Å². The first-order chi connectivity index (χ1) is 17.9. The third-order valence-electron chi connectivity index (χ3n) is 6.23. The molecule has 0 aliphatic carbocycles. The van der Waals surface area contributed by atoms with Crippen LogP contribution in [0.3, 0.4) is 0 Å². The fraction of sp³-hybridized carbons (Fsp3) is 0.286. The second-order valence-corrected chi connectivity index (χ2v) is 9.70. The summed E-state index contributed by atoms with van der Waals surface area (Å²) in [7, 11) is 0. The van der Waals surface area contributed by atoms with Crippen molar-refractivity contribution in [3.8, 4) is 5.75 Å². The van der Waals surface area contributed by atoms with Gasteiger partial charge in [0.05, 0.1) is 0 Å². The molecule has 0 unspecified atom stereocenters. The number of rotatable bonds is 9. The van der Waals surface area contributed by atoms with Gasteiger partial charge in [0, 0.05) is 61.4 Å². The van der Waals surface area contributed by atoms with Gasteiger partial charge >= 0.3 is 0 Å². The van der Waals surface area contributed by atoms with Crippen molar-refractivity contribution in [1.82, 2.24) is 14.7 Å². The van der Waals surface area contributed by atoms with E-state index in [1.54, 1.807) is 70.5 Å². The number of carbonyl (C=O) groups is 2. The van der Waals surface area contributed by atoms with Gasteiger partial charge in [0.2, 0.25) is 0 Å². The summed E-state index contributed by atoms with van der Waals surface area (Å²) in [5.74, 6) is 0.0770. The molecule has 1 saturated heterocycles. The Balaban J connectivity index is 1.30. The zero-order valence-electron chi connectivity index (χ0n) is 20.3. The molecular formula is C28H28Cl2FN3O3. The van der Waals surface area contributed by atoms with Crippen LogP contribution < -0.4 is 4.74 Å². The molecule has 1 heterocycles. The summed E-state index contributed by atoms with van der Waals surface area (Å²) in [6, 6.07) is 19.9. The van der Waals surface area contributed by atoms with E-state index >= 15 is 0 Å². The predicted molar refractivity (Wildman–Crippen MR) is 143 cm³/mol. The van der Waals surface area contributed by atoms with Crippen molar-refractivity contribution < 1.29 is 18.7 Å². The van der Waals surface area contributed by atoms with E-state index in [0.717, 1.165) is 5.56 Å². The van der Waals surface area contributed by atoms with Crippen LogP contribution in [-0.2, 0) is 11.3 Å². The Morgan fingerprint density at radius 2 is 1.59 bits per heavy atom. The van der Waals surface area contributed by atoms with E-state index in [1.807, 2.05) is 0 Å². The highest BCUT2D eigenvalue weighted by atomic mass is 35.5. The van der Waals surface area contributed by atoms with Gasteiger partial charge in [-0.25, -0.2) is 4.39 Å². The Morgan fingerprint density at radius 1 is 0.892 bits per heavy atom. The highest BCUT2D eigenvalue weighted by molar-refractivity contribution is 6.31. The number of hydrogen-bond acceptors (Lipinski definition) is 4. The van der Waals surface area contributed by atoms with Crippen LogP contribution in [0.1, 0.15) is 15.9 Å². The maximum Gasteiger partial charge on any atom is 0.260 e. The summed E-state index contributed by atoms with van der Waals surface area (Å²) in [6.07, 6.45) is 0. The van der Waals surface area contributed by atoms with Crippen LogP contribution in [0.15, 0.2) is 72.8 Å². The standard InChI is InChI=1S/C28H28Cl2FN3O3/c29-23-6-10-26(11-7-23)37-20-27(35)33-15-12-32(13-16-33)14-17-34(19-21-4-8-25(31)9-5-21)28(36)22-2-1-3-24(30)18-22/h1-11,18H,12-17,19-20H2. The third-order valence-corrected chi connectivity index (χ3v) is 6.72. The molecule has 2 amide bonds. The minimum Gasteiger partial charge on any atom is -0.484 e. The van der Waals surface area contributed by atoms with Crippen LogP contribution in [0.2, 0.25) is 10.0 Å². The summed E-state index contributed by atoms with van der Waals surface area (Å²) in [5, 5.41) is 1.11. The minimum absolute atomic E-state index is 0.0266.